The number of hydrogen-bond acceptors (Lipinski definition) is 2. The highest BCUT2D eigenvalue weighted by Crippen LogP contribution is 2.22. The molecule has 1 aromatic carbocycles. The highest BCUT2D eigenvalue weighted by molar-refractivity contribution is 5.67. The van der Waals surface area contributed by atoms with Crippen molar-refractivity contribution in [2.75, 3.05) is 6.54 Å². The minimum Gasteiger partial charge on any atom is -0.481 e. The normalized spacial score (nSPS) is 17.5. The van der Waals surface area contributed by atoms with Crippen LogP contribution >= 0.6 is 0 Å². The molecule has 0 spiro atoms. The monoisotopic (exact) mass is 233 g/mol. The van der Waals surface area contributed by atoms with E-state index in [0.717, 1.165) is 25.9 Å². The maximum Gasteiger partial charge on any atom is 0.304 e. The number of fused-ring (bicyclic) bond motifs is 1. The number of nitrogens with zero attached hydrogens (tertiary/aromatic N) is 1. The third kappa shape index (κ3) is 2.86. The lowest BCUT2D eigenvalue weighted by atomic mass is 9.97. The van der Waals surface area contributed by atoms with Gasteiger partial charge in [-0.15, -0.1) is 0 Å². The number of carbonyl (C=O) groups is 1. The second kappa shape index (κ2) is 5.32. The Bertz CT molecular complexity index is 403. The van der Waals surface area contributed by atoms with E-state index in [1.165, 1.54) is 11.1 Å². The molecule has 17 heavy (non-hydrogen) atoms. The lowest BCUT2D eigenvalue weighted by Crippen LogP contribution is -2.40. The molecule has 0 aromatic heterocycles. The standard InChI is InChI=1S/C14H19NO2/c1-2-13(9-14(16)17)15-8-7-11-5-3-4-6-12(11)10-15/h3-6,13H,2,7-10H2,1H3,(H,16,17). The summed E-state index contributed by atoms with van der Waals surface area (Å²) in [6, 6.07) is 8.62. The first-order valence-corrected chi connectivity index (χ1v) is 6.23. The Morgan fingerprint density at radius 3 is 2.76 bits per heavy atom. The van der Waals surface area contributed by atoms with Gasteiger partial charge in [0, 0.05) is 19.1 Å². The topological polar surface area (TPSA) is 40.5 Å². The molecule has 3 heteroatoms. The molecule has 1 N–H and O–H groups in total. The maximum absolute atomic E-state index is 10.8. The van der Waals surface area contributed by atoms with Crippen LogP contribution in [-0.4, -0.2) is 28.6 Å². The summed E-state index contributed by atoms with van der Waals surface area (Å²) in [5.41, 5.74) is 2.76. The summed E-state index contributed by atoms with van der Waals surface area (Å²) in [5.74, 6) is -0.698. The molecule has 1 aliphatic rings. The molecular formula is C14H19NO2. The summed E-state index contributed by atoms with van der Waals surface area (Å²) >= 11 is 0. The Hall–Kier alpha value is -1.35. The van der Waals surface area contributed by atoms with Crippen LogP contribution in [0.2, 0.25) is 0 Å². The molecule has 0 aliphatic carbocycles. The van der Waals surface area contributed by atoms with Crippen molar-refractivity contribution in [3.05, 3.63) is 35.4 Å². The van der Waals surface area contributed by atoms with Crippen molar-refractivity contribution >= 4 is 5.97 Å². The second-order valence-corrected chi connectivity index (χ2v) is 4.65. The first kappa shape index (κ1) is 12.1. The zero-order valence-electron chi connectivity index (χ0n) is 10.2. The van der Waals surface area contributed by atoms with E-state index in [0.29, 0.717) is 0 Å². The fraction of sp³-hybridized carbons (Fsp3) is 0.500. The number of carboxylic acids is 1. The Labute approximate surface area is 102 Å². The zero-order valence-corrected chi connectivity index (χ0v) is 10.2. The van der Waals surface area contributed by atoms with Crippen LogP contribution in [0, 0.1) is 0 Å². The van der Waals surface area contributed by atoms with E-state index in [-0.39, 0.29) is 12.5 Å². The van der Waals surface area contributed by atoms with Crippen molar-refractivity contribution in [1.29, 1.82) is 0 Å². The Balaban J connectivity index is 2.08. The largest absolute Gasteiger partial charge is 0.481 e. The molecule has 0 saturated heterocycles. The van der Waals surface area contributed by atoms with E-state index in [9.17, 15) is 4.79 Å². The van der Waals surface area contributed by atoms with Crippen LogP contribution in [0.5, 0.6) is 0 Å². The fourth-order valence-electron chi connectivity index (χ4n) is 2.56. The number of rotatable bonds is 4. The van der Waals surface area contributed by atoms with Gasteiger partial charge in [-0.3, -0.25) is 9.69 Å². The molecule has 1 heterocycles. The maximum atomic E-state index is 10.8. The van der Waals surface area contributed by atoms with Gasteiger partial charge in [0.1, 0.15) is 0 Å². The van der Waals surface area contributed by atoms with Gasteiger partial charge in [0.05, 0.1) is 6.42 Å². The summed E-state index contributed by atoms with van der Waals surface area (Å²) in [7, 11) is 0. The van der Waals surface area contributed by atoms with Crippen LogP contribution in [0.25, 0.3) is 0 Å². The SMILES string of the molecule is CCC(CC(=O)O)N1CCc2ccccc2C1. The van der Waals surface area contributed by atoms with E-state index in [4.69, 9.17) is 5.11 Å². The van der Waals surface area contributed by atoms with E-state index in [1.807, 2.05) is 0 Å². The van der Waals surface area contributed by atoms with Gasteiger partial charge in [0.2, 0.25) is 0 Å². The van der Waals surface area contributed by atoms with Gasteiger partial charge >= 0.3 is 5.97 Å². The number of benzene rings is 1. The van der Waals surface area contributed by atoms with E-state index < -0.39 is 5.97 Å². The average molecular weight is 233 g/mol. The lowest BCUT2D eigenvalue weighted by Gasteiger charge is -2.34. The van der Waals surface area contributed by atoms with Gasteiger partial charge in [-0.25, -0.2) is 0 Å². The molecule has 1 unspecified atom stereocenters. The zero-order chi connectivity index (χ0) is 12.3. The molecule has 92 valence electrons. The van der Waals surface area contributed by atoms with Crippen LogP contribution in [0.1, 0.15) is 30.9 Å². The molecule has 1 aromatic rings. The smallest absolute Gasteiger partial charge is 0.304 e. The molecule has 2 rings (SSSR count). The van der Waals surface area contributed by atoms with E-state index in [1.54, 1.807) is 0 Å². The summed E-state index contributed by atoms with van der Waals surface area (Å²) in [4.78, 5) is 13.1. The van der Waals surface area contributed by atoms with E-state index in [2.05, 4.69) is 36.1 Å². The molecule has 0 saturated carbocycles. The summed E-state index contributed by atoms with van der Waals surface area (Å²) in [6.45, 7) is 3.93. The molecule has 0 bridgehead atoms. The highest BCUT2D eigenvalue weighted by Gasteiger charge is 2.23. The van der Waals surface area contributed by atoms with Gasteiger partial charge in [-0.2, -0.15) is 0 Å². The van der Waals surface area contributed by atoms with Crippen LogP contribution in [-0.2, 0) is 17.8 Å². The van der Waals surface area contributed by atoms with Gasteiger partial charge in [0.25, 0.3) is 0 Å². The molecule has 0 fully saturated rings. The number of hydrogen-bond donors (Lipinski definition) is 1. The first-order valence-electron chi connectivity index (χ1n) is 6.23. The van der Waals surface area contributed by atoms with Crippen molar-refractivity contribution in [2.45, 2.75) is 38.8 Å². The van der Waals surface area contributed by atoms with Crippen molar-refractivity contribution in [3.8, 4) is 0 Å². The minimum atomic E-state index is -0.698. The average Bonchev–Trinajstić information content (AvgIpc) is 2.35. The second-order valence-electron chi connectivity index (χ2n) is 4.65. The highest BCUT2D eigenvalue weighted by atomic mass is 16.4. The van der Waals surface area contributed by atoms with Crippen LogP contribution in [0.3, 0.4) is 0 Å². The lowest BCUT2D eigenvalue weighted by molar-refractivity contribution is -0.138. The van der Waals surface area contributed by atoms with Gasteiger partial charge in [0.15, 0.2) is 0 Å². The molecule has 0 amide bonds. The van der Waals surface area contributed by atoms with Crippen molar-refractivity contribution in [1.82, 2.24) is 4.90 Å². The van der Waals surface area contributed by atoms with Crippen molar-refractivity contribution < 1.29 is 9.90 Å². The Kier molecular flexibility index (Phi) is 3.79. The predicted molar refractivity (Wildman–Crippen MR) is 66.9 cm³/mol. The summed E-state index contributed by atoms with van der Waals surface area (Å²) < 4.78 is 0. The minimum absolute atomic E-state index is 0.167. The fourth-order valence-corrected chi connectivity index (χ4v) is 2.56. The summed E-state index contributed by atoms with van der Waals surface area (Å²) in [6.07, 6.45) is 2.18. The Morgan fingerprint density at radius 2 is 2.12 bits per heavy atom. The predicted octanol–water partition coefficient (Wildman–Crippen LogP) is 2.30. The third-order valence-corrected chi connectivity index (χ3v) is 3.56. The van der Waals surface area contributed by atoms with Gasteiger partial charge in [-0.1, -0.05) is 31.2 Å². The molecule has 3 nitrogen and oxygen atoms in total. The Morgan fingerprint density at radius 1 is 1.41 bits per heavy atom. The first-order chi connectivity index (χ1) is 8.20. The molecule has 1 aliphatic heterocycles. The van der Waals surface area contributed by atoms with Crippen molar-refractivity contribution in [3.63, 3.8) is 0 Å². The molecule has 1 atom stereocenters. The van der Waals surface area contributed by atoms with Gasteiger partial charge < -0.3 is 5.11 Å². The van der Waals surface area contributed by atoms with Crippen LogP contribution in [0.15, 0.2) is 24.3 Å². The van der Waals surface area contributed by atoms with Crippen molar-refractivity contribution in [2.24, 2.45) is 0 Å². The quantitative estimate of drug-likeness (QED) is 0.867. The number of aliphatic carboxylic acids is 1. The third-order valence-electron chi connectivity index (χ3n) is 3.56. The number of carboxylic acid groups (broad SMARTS) is 1. The van der Waals surface area contributed by atoms with E-state index >= 15 is 0 Å². The van der Waals surface area contributed by atoms with Crippen LogP contribution < -0.4 is 0 Å². The van der Waals surface area contributed by atoms with Crippen LogP contribution in [0.4, 0.5) is 0 Å². The molecule has 0 radical (unpaired) electrons. The summed E-state index contributed by atoms with van der Waals surface area (Å²) in [5, 5.41) is 8.91. The molecular weight excluding hydrogens is 214 g/mol. The van der Waals surface area contributed by atoms with Gasteiger partial charge in [-0.05, 0) is 24.0 Å².